The van der Waals surface area contributed by atoms with Crippen molar-refractivity contribution in [3.63, 3.8) is 0 Å². The van der Waals surface area contributed by atoms with Crippen molar-refractivity contribution in [3.05, 3.63) is 59.8 Å². The van der Waals surface area contributed by atoms with E-state index >= 15 is 0 Å². The zero-order valence-electron chi connectivity index (χ0n) is 14.6. The third-order valence-electron chi connectivity index (χ3n) is 3.73. The second-order valence-electron chi connectivity index (χ2n) is 5.62. The molecular formula is C19H26N4O. The summed E-state index contributed by atoms with van der Waals surface area (Å²) in [5.74, 6) is 1.43. The standard InChI is InChI=1S/C19H26N4O/c1-4-15(2)23-19(20-3)22-13-17-11-8-12-21-18(17)24-14-16-9-6-5-7-10-16/h5-12,15H,4,13-14H2,1-3H3,(H2,20,22,23). The zero-order valence-corrected chi connectivity index (χ0v) is 14.6. The van der Waals surface area contributed by atoms with E-state index in [4.69, 9.17) is 4.74 Å². The molecular weight excluding hydrogens is 300 g/mol. The summed E-state index contributed by atoms with van der Waals surface area (Å²) in [6.07, 6.45) is 2.79. The highest BCUT2D eigenvalue weighted by molar-refractivity contribution is 5.79. The highest BCUT2D eigenvalue weighted by atomic mass is 16.5. The third kappa shape index (κ3) is 5.57. The van der Waals surface area contributed by atoms with Gasteiger partial charge in [0, 0.05) is 31.4 Å². The predicted octanol–water partition coefficient (Wildman–Crippen LogP) is 3.12. The molecule has 24 heavy (non-hydrogen) atoms. The zero-order chi connectivity index (χ0) is 17.2. The summed E-state index contributed by atoms with van der Waals surface area (Å²) in [6, 6.07) is 14.4. The number of ether oxygens (including phenoxy) is 1. The number of pyridine rings is 1. The molecule has 1 unspecified atom stereocenters. The van der Waals surface area contributed by atoms with Crippen LogP contribution in [-0.2, 0) is 13.2 Å². The Bertz CT molecular complexity index is 643. The summed E-state index contributed by atoms with van der Waals surface area (Å²) < 4.78 is 5.88. The van der Waals surface area contributed by atoms with Crippen molar-refractivity contribution < 1.29 is 4.74 Å². The van der Waals surface area contributed by atoms with Crippen LogP contribution < -0.4 is 15.4 Å². The van der Waals surface area contributed by atoms with Gasteiger partial charge in [0.05, 0.1) is 0 Å². The number of aliphatic imine (C=N–C) groups is 1. The number of nitrogens with one attached hydrogen (secondary N) is 2. The topological polar surface area (TPSA) is 58.5 Å². The van der Waals surface area contributed by atoms with E-state index in [1.807, 2.05) is 42.5 Å². The van der Waals surface area contributed by atoms with Gasteiger partial charge in [-0.2, -0.15) is 0 Å². The number of hydrogen-bond acceptors (Lipinski definition) is 3. The molecule has 0 radical (unpaired) electrons. The SMILES string of the molecule is CCC(C)NC(=NC)NCc1cccnc1OCc1ccccc1. The summed E-state index contributed by atoms with van der Waals surface area (Å²) in [6.45, 7) is 5.38. The smallest absolute Gasteiger partial charge is 0.218 e. The monoisotopic (exact) mass is 326 g/mol. The first-order chi connectivity index (χ1) is 11.7. The van der Waals surface area contributed by atoms with Gasteiger partial charge in [0.15, 0.2) is 5.96 Å². The lowest BCUT2D eigenvalue weighted by Crippen LogP contribution is -2.41. The minimum Gasteiger partial charge on any atom is -0.473 e. The summed E-state index contributed by atoms with van der Waals surface area (Å²) in [4.78, 5) is 8.60. The van der Waals surface area contributed by atoms with E-state index < -0.39 is 0 Å². The molecule has 0 bridgehead atoms. The molecule has 0 spiro atoms. The van der Waals surface area contributed by atoms with E-state index in [9.17, 15) is 0 Å². The maximum atomic E-state index is 5.88. The molecule has 0 saturated heterocycles. The number of rotatable bonds is 7. The molecule has 0 aliphatic heterocycles. The maximum Gasteiger partial charge on any atom is 0.218 e. The molecule has 0 saturated carbocycles. The van der Waals surface area contributed by atoms with Crippen LogP contribution in [0.1, 0.15) is 31.4 Å². The lowest BCUT2D eigenvalue weighted by Gasteiger charge is -2.17. The van der Waals surface area contributed by atoms with Crippen LogP contribution in [0, 0.1) is 0 Å². The highest BCUT2D eigenvalue weighted by Gasteiger charge is 2.07. The fraction of sp³-hybridized carbons (Fsp3) is 0.368. The fourth-order valence-corrected chi connectivity index (χ4v) is 2.12. The Morgan fingerprint density at radius 3 is 2.71 bits per heavy atom. The van der Waals surface area contributed by atoms with E-state index in [-0.39, 0.29) is 0 Å². The van der Waals surface area contributed by atoms with Crippen LogP contribution in [0.3, 0.4) is 0 Å². The average Bonchev–Trinajstić information content (AvgIpc) is 2.64. The fourth-order valence-electron chi connectivity index (χ4n) is 2.12. The molecule has 1 aromatic carbocycles. The van der Waals surface area contributed by atoms with Crippen molar-refractivity contribution in [3.8, 4) is 5.88 Å². The molecule has 2 aromatic rings. The van der Waals surface area contributed by atoms with Gasteiger partial charge in [0.1, 0.15) is 6.61 Å². The van der Waals surface area contributed by atoms with Gasteiger partial charge in [-0.05, 0) is 25.0 Å². The molecule has 128 valence electrons. The van der Waals surface area contributed by atoms with Crippen molar-refractivity contribution in [2.75, 3.05) is 7.05 Å². The number of hydrogen-bond donors (Lipinski definition) is 2. The number of aromatic nitrogens is 1. The summed E-state index contributed by atoms with van der Waals surface area (Å²) in [7, 11) is 1.77. The first kappa shape index (κ1) is 17.8. The summed E-state index contributed by atoms with van der Waals surface area (Å²) >= 11 is 0. The number of benzene rings is 1. The van der Waals surface area contributed by atoms with Crippen LogP contribution in [0.25, 0.3) is 0 Å². The maximum absolute atomic E-state index is 5.88. The lowest BCUT2D eigenvalue weighted by molar-refractivity contribution is 0.290. The number of guanidine groups is 1. The van der Waals surface area contributed by atoms with Gasteiger partial charge < -0.3 is 15.4 Å². The normalized spacial score (nSPS) is 12.5. The van der Waals surface area contributed by atoms with Gasteiger partial charge in [0.25, 0.3) is 0 Å². The number of nitrogens with zero attached hydrogens (tertiary/aromatic N) is 2. The minimum absolute atomic E-state index is 0.374. The average molecular weight is 326 g/mol. The van der Waals surface area contributed by atoms with Crippen LogP contribution >= 0.6 is 0 Å². The third-order valence-corrected chi connectivity index (χ3v) is 3.73. The molecule has 0 fully saturated rings. The minimum atomic E-state index is 0.374. The van der Waals surface area contributed by atoms with E-state index in [0.717, 1.165) is 23.5 Å². The van der Waals surface area contributed by atoms with Gasteiger partial charge in [-0.15, -0.1) is 0 Å². The molecule has 1 atom stereocenters. The molecule has 0 aliphatic carbocycles. The predicted molar refractivity (Wildman–Crippen MR) is 98.1 cm³/mol. The van der Waals surface area contributed by atoms with Crippen molar-refractivity contribution in [2.24, 2.45) is 4.99 Å². The molecule has 2 rings (SSSR count). The Morgan fingerprint density at radius 2 is 2.00 bits per heavy atom. The molecule has 1 heterocycles. The van der Waals surface area contributed by atoms with E-state index in [0.29, 0.717) is 25.1 Å². The van der Waals surface area contributed by atoms with Gasteiger partial charge in [-0.25, -0.2) is 4.98 Å². The first-order valence-corrected chi connectivity index (χ1v) is 8.30. The Labute approximate surface area is 144 Å². The van der Waals surface area contributed by atoms with Crippen LogP contribution in [0.5, 0.6) is 5.88 Å². The second-order valence-corrected chi connectivity index (χ2v) is 5.62. The summed E-state index contributed by atoms with van der Waals surface area (Å²) in [5.41, 5.74) is 2.12. The van der Waals surface area contributed by atoms with Crippen molar-refractivity contribution in [1.82, 2.24) is 15.6 Å². The second kappa shape index (κ2) is 9.55. The molecule has 5 nitrogen and oxygen atoms in total. The Balaban J connectivity index is 1.95. The van der Waals surface area contributed by atoms with Gasteiger partial charge in [-0.1, -0.05) is 43.3 Å². The van der Waals surface area contributed by atoms with Crippen LogP contribution in [0.15, 0.2) is 53.7 Å². The van der Waals surface area contributed by atoms with Crippen LogP contribution in [0.2, 0.25) is 0 Å². The van der Waals surface area contributed by atoms with E-state index in [1.54, 1.807) is 13.2 Å². The molecule has 1 aromatic heterocycles. The lowest BCUT2D eigenvalue weighted by atomic mass is 10.2. The highest BCUT2D eigenvalue weighted by Crippen LogP contribution is 2.15. The Morgan fingerprint density at radius 1 is 1.21 bits per heavy atom. The molecule has 0 aliphatic rings. The summed E-state index contributed by atoms with van der Waals surface area (Å²) in [5, 5.41) is 6.65. The van der Waals surface area contributed by atoms with E-state index in [2.05, 4.69) is 34.5 Å². The Kier molecular flexibility index (Phi) is 7.08. The van der Waals surface area contributed by atoms with Crippen molar-refractivity contribution in [2.45, 2.75) is 39.5 Å². The van der Waals surface area contributed by atoms with Gasteiger partial charge in [0.2, 0.25) is 5.88 Å². The Hall–Kier alpha value is -2.56. The van der Waals surface area contributed by atoms with E-state index in [1.165, 1.54) is 0 Å². The van der Waals surface area contributed by atoms with Gasteiger partial charge in [-0.3, -0.25) is 4.99 Å². The first-order valence-electron chi connectivity index (χ1n) is 8.30. The largest absolute Gasteiger partial charge is 0.473 e. The quantitative estimate of drug-likeness (QED) is 0.606. The van der Waals surface area contributed by atoms with Gasteiger partial charge >= 0.3 is 0 Å². The molecule has 5 heteroatoms. The van der Waals surface area contributed by atoms with Crippen LogP contribution in [-0.4, -0.2) is 24.0 Å². The van der Waals surface area contributed by atoms with Crippen LogP contribution in [0.4, 0.5) is 0 Å². The molecule has 2 N–H and O–H groups in total. The van der Waals surface area contributed by atoms with Crippen molar-refractivity contribution >= 4 is 5.96 Å². The van der Waals surface area contributed by atoms with Crippen molar-refractivity contribution in [1.29, 1.82) is 0 Å². The molecule has 0 amide bonds.